The lowest BCUT2D eigenvalue weighted by atomic mass is 10.1. The maximum atomic E-state index is 12.4. The lowest BCUT2D eigenvalue weighted by Gasteiger charge is -2.11. The van der Waals surface area contributed by atoms with Gasteiger partial charge in [0.15, 0.2) is 0 Å². The molecular weight excluding hydrogens is 452 g/mol. The van der Waals surface area contributed by atoms with Crippen LogP contribution in [-0.4, -0.2) is 26.6 Å². The number of sulfonamides is 1. The van der Waals surface area contributed by atoms with Crippen LogP contribution in [0.25, 0.3) is 0 Å². The topological polar surface area (TPSA) is 75.3 Å². The van der Waals surface area contributed by atoms with E-state index in [-0.39, 0.29) is 21.5 Å². The normalized spacial score (nSPS) is 11.2. The molecule has 3 aromatic rings. The van der Waals surface area contributed by atoms with E-state index in [4.69, 9.17) is 11.6 Å². The molecule has 0 fully saturated rings. The van der Waals surface area contributed by atoms with Crippen molar-refractivity contribution in [2.24, 2.45) is 0 Å². The molecule has 0 saturated carbocycles. The number of carbonyl (C=O) groups excluding carboxylic acids is 1. The van der Waals surface area contributed by atoms with Gasteiger partial charge in [-0.05, 0) is 48.4 Å². The molecule has 0 unspecified atom stereocenters. The summed E-state index contributed by atoms with van der Waals surface area (Å²) in [5.74, 6) is 1.42. The zero-order chi connectivity index (χ0) is 22.3. The van der Waals surface area contributed by atoms with Gasteiger partial charge in [0.2, 0.25) is 0 Å². The Bertz CT molecular complexity index is 1150. The fraction of sp³-hybridized carbons (Fsp3) is 0.174. The van der Waals surface area contributed by atoms with Crippen molar-refractivity contribution in [1.82, 2.24) is 5.32 Å². The number of hydrogen-bond donors (Lipinski definition) is 2. The first-order chi connectivity index (χ1) is 14.9. The van der Waals surface area contributed by atoms with E-state index in [9.17, 15) is 13.2 Å². The quantitative estimate of drug-likeness (QED) is 0.422. The number of halogens is 1. The van der Waals surface area contributed by atoms with E-state index in [1.165, 1.54) is 35.4 Å². The van der Waals surface area contributed by atoms with Crippen LogP contribution in [0.4, 0.5) is 5.69 Å². The lowest BCUT2D eigenvalue weighted by Crippen LogP contribution is -2.25. The number of rotatable bonds is 9. The number of amides is 1. The molecule has 0 aliphatic rings. The Labute approximate surface area is 192 Å². The van der Waals surface area contributed by atoms with E-state index >= 15 is 0 Å². The van der Waals surface area contributed by atoms with Crippen molar-refractivity contribution < 1.29 is 13.2 Å². The van der Waals surface area contributed by atoms with Gasteiger partial charge >= 0.3 is 0 Å². The Balaban J connectivity index is 1.52. The zero-order valence-corrected chi connectivity index (χ0v) is 19.4. The Morgan fingerprint density at radius 3 is 2.42 bits per heavy atom. The van der Waals surface area contributed by atoms with Crippen molar-refractivity contribution in [2.75, 3.05) is 17.0 Å². The van der Waals surface area contributed by atoms with Crippen LogP contribution in [0.5, 0.6) is 0 Å². The number of hydrogen-bond acceptors (Lipinski definition) is 4. The second-order valence-electron chi connectivity index (χ2n) is 6.85. The highest BCUT2D eigenvalue weighted by atomic mass is 35.5. The third kappa shape index (κ3) is 6.50. The molecule has 0 aliphatic carbocycles. The molecule has 0 aromatic heterocycles. The molecule has 1 amide bonds. The molecule has 3 aromatic carbocycles. The minimum absolute atomic E-state index is 0.135. The van der Waals surface area contributed by atoms with Gasteiger partial charge in [-0.1, -0.05) is 54.1 Å². The number of benzene rings is 3. The summed E-state index contributed by atoms with van der Waals surface area (Å²) in [6.45, 7) is 2.61. The van der Waals surface area contributed by atoms with Crippen molar-refractivity contribution >= 4 is 45.0 Å². The van der Waals surface area contributed by atoms with Crippen LogP contribution in [0, 0.1) is 6.92 Å². The van der Waals surface area contributed by atoms with Crippen LogP contribution in [0.2, 0.25) is 5.02 Å². The second kappa shape index (κ2) is 10.7. The van der Waals surface area contributed by atoms with Crippen molar-refractivity contribution in [1.29, 1.82) is 0 Å². The zero-order valence-electron chi connectivity index (χ0n) is 17.0. The molecule has 0 saturated heterocycles. The van der Waals surface area contributed by atoms with Gasteiger partial charge in [-0.15, -0.1) is 0 Å². The summed E-state index contributed by atoms with van der Waals surface area (Å²) < 4.78 is 27.3. The fourth-order valence-corrected chi connectivity index (χ4v) is 5.15. The van der Waals surface area contributed by atoms with Gasteiger partial charge in [-0.25, -0.2) is 8.42 Å². The summed E-state index contributed by atoms with van der Waals surface area (Å²) in [7, 11) is -3.75. The number of nitrogens with one attached hydrogen (secondary N) is 2. The van der Waals surface area contributed by atoms with Gasteiger partial charge in [0, 0.05) is 23.6 Å². The molecule has 31 heavy (non-hydrogen) atoms. The van der Waals surface area contributed by atoms with E-state index in [0.29, 0.717) is 12.1 Å². The molecule has 0 spiro atoms. The summed E-state index contributed by atoms with van der Waals surface area (Å²) in [5.41, 5.74) is 3.14. The fourth-order valence-electron chi connectivity index (χ4n) is 2.84. The minimum atomic E-state index is -3.75. The second-order valence-corrected chi connectivity index (χ2v) is 10.0. The monoisotopic (exact) mass is 474 g/mol. The molecule has 0 bridgehead atoms. The van der Waals surface area contributed by atoms with Crippen molar-refractivity contribution in [3.05, 3.63) is 94.5 Å². The highest BCUT2D eigenvalue weighted by Crippen LogP contribution is 2.26. The Kier molecular flexibility index (Phi) is 8.01. The molecule has 0 atom stereocenters. The molecule has 0 heterocycles. The summed E-state index contributed by atoms with van der Waals surface area (Å²) >= 11 is 7.97. The first-order valence-electron chi connectivity index (χ1n) is 9.65. The average Bonchev–Trinajstić information content (AvgIpc) is 2.76. The third-order valence-corrected chi connectivity index (χ3v) is 7.28. The van der Waals surface area contributed by atoms with Crippen LogP contribution in [0.15, 0.2) is 77.7 Å². The van der Waals surface area contributed by atoms with E-state index in [0.717, 1.165) is 11.5 Å². The molecule has 8 heteroatoms. The largest absolute Gasteiger partial charge is 0.351 e. The van der Waals surface area contributed by atoms with Gasteiger partial charge in [0.05, 0.1) is 15.6 Å². The number of anilines is 1. The van der Waals surface area contributed by atoms with Crippen LogP contribution >= 0.6 is 23.4 Å². The first kappa shape index (κ1) is 23.2. The average molecular weight is 475 g/mol. The van der Waals surface area contributed by atoms with Crippen LogP contribution in [-0.2, 0) is 15.8 Å². The van der Waals surface area contributed by atoms with E-state index in [1.54, 1.807) is 36.0 Å². The summed E-state index contributed by atoms with van der Waals surface area (Å²) in [6.07, 6.45) is 0. The molecule has 2 N–H and O–H groups in total. The van der Waals surface area contributed by atoms with Crippen molar-refractivity contribution in [2.45, 2.75) is 17.6 Å². The highest BCUT2D eigenvalue weighted by Gasteiger charge is 2.16. The molecule has 5 nitrogen and oxygen atoms in total. The number of aryl methyl sites for hydroxylation is 1. The van der Waals surface area contributed by atoms with Gasteiger partial charge < -0.3 is 5.32 Å². The van der Waals surface area contributed by atoms with E-state index in [1.807, 2.05) is 12.1 Å². The van der Waals surface area contributed by atoms with Crippen molar-refractivity contribution in [3.8, 4) is 0 Å². The molecule has 0 aliphatic heterocycles. The summed E-state index contributed by atoms with van der Waals surface area (Å²) in [6, 6.07) is 20.7. The smallest absolute Gasteiger partial charge is 0.261 e. The minimum Gasteiger partial charge on any atom is -0.351 e. The SMILES string of the molecule is Cc1ccccc1CSCCNC(=O)c1ccc(NS(=O)(=O)c2ccccc2)c(Cl)c1. The van der Waals surface area contributed by atoms with Gasteiger partial charge in [0.25, 0.3) is 15.9 Å². The Morgan fingerprint density at radius 1 is 1.00 bits per heavy atom. The van der Waals surface area contributed by atoms with Crippen LogP contribution in [0.1, 0.15) is 21.5 Å². The Morgan fingerprint density at radius 2 is 1.71 bits per heavy atom. The Hall–Kier alpha value is -2.48. The molecule has 3 rings (SSSR count). The van der Waals surface area contributed by atoms with Crippen LogP contribution < -0.4 is 10.0 Å². The van der Waals surface area contributed by atoms with Gasteiger partial charge in [-0.3, -0.25) is 9.52 Å². The summed E-state index contributed by atoms with van der Waals surface area (Å²) in [5, 5.41) is 3.02. The van der Waals surface area contributed by atoms with E-state index < -0.39 is 10.0 Å². The van der Waals surface area contributed by atoms with Crippen molar-refractivity contribution in [3.63, 3.8) is 0 Å². The first-order valence-corrected chi connectivity index (χ1v) is 12.7. The predicted octanol–water partition coefficient (Wildman–Crippen LogP) is 5.11. The van der Waals surface area contributed by atoms with Gasteiger partial charge in [-0.2, -0.15) is 11.8 Å². The number of carbonyl (C=O) groups is 1. The van der Waals surface area contributed by atoms with Crippen LogP contribution in [0.3, 0.4) is 0 Å². The molecule has 162 valence electrons. The molecule has 0 radical (unpaired) electrons. The predicted molar refractivity (Wildman–Crippen MR) is 128 cm³/mol. The maximum Gasteiger partial charge on any atom is 0.261 e. The lowest BCUT2D eigenvalue weighted by molar-refractivity contribution is 0.0956. The van der Waals surface area contributed by atoms with Gasteiger partial charge in [0.1, 0.15) is 0 Å². The molecular formula is C23H23ClN2O3S2. The van der Waals surface area contributed by atoms with E-state index in [2.05, 4.69) is 29.1 Å². The number of thioether (sulfide) groups is 1. The standard InChI is InChI=1S/C23H23ClN2O3S2/c1-17-7-5-6-8-19(17)16-30-14-13-25-23(27)18-11-12-22(21(24)15-18)26-31(28,29)20-9-3-2-4-10-20/h2-12,15,26H,13-14,16H2,1H3,(H,25,27). The summed E-state index contributed by atoms with van der Waals surface area (Å²) in [4.78, 5) is 12.5. The highest BCUT2D eigenvalue weighted by molar-refractivity contribution is 7.98. The third-order valence-electron chi connectivity index (χ3n) is 4.58. The maximum absolute atomic E-state index is 12.4.